The normalized spacial score (nSPS) is 13.9. The molecule has 5 rings (SSSR count). The second kappa shape index (κ2) is 8.17. The predicted octanol–water partition coefficient (Wildman–Crippen LogP) is 5.05. The summed E-state index contributed by atoms with van der Waals surface area (Å²) >= 11 is 0. The van der Waals surface area contributed by atoms with Crippen LogP contribution < -0.4 is 0 Å². The SMILES string of the molecule is CCCCN(CC)C(=O)c1cc2c(c3ccccc3n2CC2CC2)n1-c1ncccn1. The first kappa shape index (κ1) is 19.8. The number of aromatic nitrogens is 4. The number of nitrogens with zero attached hydrogens (tertiary/aromatic N) is 5. The molecular formula is C25H29N5O. The molecular weight excluding hydrogens is 386 g/mol. The summed E-state index contributed by atoms with van der Waals surface area (Å²) in [5.74, 6) is 1.31. The zero-order valence-electron chi connectivity index (χ0n) is 18.3. The largest absolute Gasteiger partial charge is 0.339 e. The van der Waals surface area contributed by atoms with Crippen molar-refractivity contribution in [2.75, 3.05) is 13.1 Å². The number of hydrogen-bond donors (Lipinski definition) is 0. The third-order valence-corrected chi connectivity index (χ3v) is 6.28. The van der Waals surface area contributed by atoms with Crippen molar-refractivity contribution in [3.8, 4) is 5.95 Å². The highest BCUT2D eigenvalue weighted by Gasteiger charge is 2.29. The Morgan fingerprint density at radius 2 is 1.87 bits per heavy atom. The van der Waals surface area contributed by atoms with E-state index in [-0.39, 0.29) is 5.91 Å². The average molecular weight is 416 g/mol. The van der Waals surface area contributed by atoms with E-state index in [0.29, 0.717) is 18.2 Å². The molecule has 1 aliphatic carbocycles. The zero-order chi connectivity index (χ0) is 21.4. The monoisotopic (exact) mass is 415 g/mol. The van der Waals surface area contributed by atoms with Gasteiger partial charge in [0.1, 0.15) is 5.69 Å². The van der Waals surface area contributed by atoms with Gasteiger partial charge in [0.15, 0.2) is 0 Å². The molecule has 0 radical (unpaired) electrons. The topological polar surface area (TPSA) is 56.0 Å². The molecule has 1 aliphatic rings. The number of amides is 1. The van der Waals surface area contributed by atoms with Gasteiger partial charge in [-0.3, -0.25) is 9.36 Å². The number of para-hydroxylation sites is 1. The van der Waals surface area contributed by atoms with Gasteiger partial charge < -0.3 is 9.47 Å². The molecule has 1 fully saturated rings. The highest BCUT2D eigenvalue weighted by Crippen LogP contribution is 2.38. The Balaban J connectivity index is 1.76. The van der Waals surface area contributed by atoms with E-state index in [2.05, 4.69) is 51.8 Å². The van der Waals surface area contributed by atoms with Crippen molar-refractivity contribution in [3.63, 3.8) is 0 Å². The quantitative estimate of drug-likeness (QED) is 0.405. The maximum absolute atomic E-state index is 13.7. The lowest BCUT2D eigenvalue weighted by Crippen LogP contribution is -2.33. The van der Waals surface area contributed by atoms with Crippen molar-refractivity contribution in [1.82, 2.24) is 24.0 Å². The highest BCUT2D eigenvalue weighted by atomic mass is 16.2. The molecule has 6 heteroatoms. The predicted molar refractivity (Wildman–Crippen MR) is 124 cm³/mol. The van der Waals surface area contributed by atoms with Crippen molar-refractivity contribution >= 4 is 27.8 Å². The molecule has 0 bridgehead atoms. The van der Waals surface area contributed by atoms with Crippen molar-refractivity contribution in [2.45, 2.75) is 46.1 Å². The van der Waals surface area contributed by atoms with Gasteiger partial charge in [0.05, 0.1) is 16.6 Å². The van der Waals surface area contributed by atoms with E-state index in [4.69, 9.17) is 0 Å². The Morgan fingerprint density at radius 1 is 1.10 bits per heavy atom. The number of carbonyl (C=O) groups is 1. The number of hydrogen-bond acceptors (Lipinski definition) is 3. The van der Waals surface area contributed by atoms with Crippen LogP contribution >= 0.6 is 0 Å². The zero-order valence-corrected chi connectivity index (χ0v) is 18.3. The van der Waals surface area contributed by atoms with Crippen LogP contribution in [-0.2, 0) is 6.54 Å². The van der Waals surface area contributed by atoms with Gasteiger partial charge in [0.25, 0.3) is 5.91 Å². The van der Waals surface area contributed by atoms with Gasteiger partial charge in [-0.1, -0.05) is 31.5 Å². The fourth-order valence-corrected chi connectivity index (χ4v) is 4.44. The van der Waals surface area contributed by atoms with E-state index < -0.39 is 0 Å². The van der Waals surface area contributed by atoms with E-state index in [1.54, 1.807) is 12.4 Å². The van der Waals surface area contributed by atoms with Gasteiger partial charge in [-0.05, 0) is 50.3 Å². The molecule has 0 spiro atoms. The number of fused-ring (bicyclic) bond motifs is 3. The first-order chi connectivity index (χ1) is 15.2. The summed E-state index contributed by atoms with van der Waals surface area (Å²) in [4.78, 5) is 24.6. The summed E-state index contributed by atoms with van der Waals surface area (Å²) in [5, 5.41) is 1.14. The fourth-order valence-electron chi connectivity index (χ4n) is 4.44. The highest BCUT2D eigenvalue weighted by molar-refractivity contribution is 6.11. The molecule has 6 nitrogen and oxygen atoms in total. The Bertz CT molecular complexity index is 1220. The van der Waals surface area contributed by atoms with Gasteiger partial charge >= 0.3 is 0 Å². The van der Waals surface area contributed by atoms with Crippen molar-refractivity contribution in [2.24, 2.45) is 5.92 Å². The van der Waals surface area contributed by atoms with Crippen LogP contribution in [0.4, 0.5) is 0 Å². The fraction of sp³-hybridized carbons (Fsp3) is 0.400. The first-order valence-corrected chi connectivity index (χ1v) is 11.4. The minimum Gasteiger partial charge on any atom is -0.339 e. The maximum Gasteiger partial charge on any atom is 0.271 e. The minimum atomic E-state index is 0.0432. The van der Waals surface area contributed by atoms with Crippen LogP contribution in [0.2, 0.25) is 0 Å². The third kappa shape index (κ3) is 3.50. The average Bonchev–Trinajstić information content (AvgIpc) is 3.47. The molecule has 31 heavy (non-hydrogen) atoms. The number of unbranched alkanes of at least 4 members (excludes halogenated alkanes) is 1. The van der Waals surface area contributed by atoms with Crippen LogP contribution in [0.3, 0.4) is 0 Å². The van der Waals surface area contributed by atoms with E-state index in [9.17, 15) is 4.79 Å². The van der Waals surface area contributed by atoms with E-state index >= 15 is 0 Å². The van der Waals surface area contributed by atoms with Crippen LogP contribution in [0.25, 0.3) is 27.9 Å². The smallest absolute Gasteiger partial charge is 0.271 e. The lowest BCUT2D eigenvalue weighted by Gasteiger charge is -2.21. The Hall–Kier alpha value is -3.15. The molecule has 1 saturated carbocycles. The molecule has 0 atom stereocenters. The van der Waals surface area contributed by atoms with Crippen LogP contribution in [-0.4, -0.2) is 43.0 Å². The van der Waals surface area contributed by atoms with Crippen molar-refractivity contribution in [3.05, 3.63) is 54.5 Å². The molecule has 4 aromatic rings. The van der Waals surface area contributed by atoms with Crippen LogP contribution in [0, 0.1) is 5.92 Å². The summed E-state index contributed by atoms with van der Waals surface area (Å²) in [5.41, 5.74) is 3.97. The molecule has 1 aromatic carbocycles. The lowest BCUT2D eigenvalue weighted by molar-refractivity contribution is 0.0754. The van der Waals surface area contributed by atoms with Gasteiger partial charge in [0.2, 0.25) is 5.95 Å². The van der Waals surface area contributed by atoms with Gasteiger partial charge in [0, 0.05) is 37.4 Å². The third-order valence-electron chi connectivity index (χ3n) is 6.28. The first-order valence-electron chi connectivity index (χ1n) is 11.4. The summed E-state index contributed by atoms with van der Waals surface area (Å²) in [6.45, 7) is 6.64. The van der Waals surface area contributed by atoms with E-state index in [1.165, 1.54) is 18.4 Å². The number of carbonyl (C=O) groups excluding carboxylic acids is 1. The second-order valence-corrected chi connectivity index (χ2v) is 8.46. The summed E-state index contributed by atoms with van der Waals surface area (Å²) in [6, 6.07) is 12.3. The molecule has 1 amide bonds. The summed E-state index contributed by atoms with van der Waals surface area (Å²) in [7, 11) is 0. The maximum atomic E-state index is 13.7. The van der Waals surface area contributed by atoms with E-state index in [0.717, 1.165) is 48.3 Å². The van der Waals surface area contributed by atoms with Crippen molar-refractivity contribution in [1.29, 1.82) is 0 Å². The summed E-state index contributed by atoms with van der Waals surface area (Å²) < 4.78 is 4.36. The van der Waals surface area contributed by atoms with Crippen LogP contribution in [0.1, 0.15) is 50.0 Å². The van der Waals surface area contributed by atoms with Gasteiger partial charge in [-0.25, -0.2) is 9.97 Å². The standard InChI is InChI=1S/C25H29N5O/c1-3-5-15-28(4-2)24(31)22-16-21-23(30(22)25-26-13-8-14-27-25)19-9-6-7-10-20(19)29(21)17-18-11-12-18/h6-10,13-14,16,18H,3-5,11-12,15,17H2,1-2H3. The van der Waals surface area contributed by atoms with Crippen LogP contribution in [0.15, 0.2) is 48.8 Å². The Morgan fingerprint density at radius 3 is 2.58 bits per heavy atom. The minimum absolute atomic E-state index is 0.0432. The second-order valence-electron chi connectivity index (χ2n) is 8.46. The number of rotatable bonds is 8. The molecule has 0 unspecified atom stereocenters. The molecule has 3 aromatic heterocycles. The van der Waals surface area contributed by atoms with Gasteiger partial charge in [-0.2, -0.15) is 0 Å². The number of benzene rings is 1. The molecule has 0 aliphatic heterocycles. The van der Waals surface area contributed by atoms with Crippen LogP contribution in [0.5, 0.6) is 0 Å². The molecule has 3 heterocycles. The molecule has 0 N–H and O–H groups in total. The Labute approximate surface area is 182 Å². The van der Waals surface area contributed by atoms with E-state index in [1.807, 2.05) is 22.5 Å². The Kier molecular flexibility index (Phi) is 5.22. The molecule has 0 saturated heterocycles. The summed E-state index contributed by atoms with van der Waals surface area (Å²) in [6.07, 6.45) is 8.09. The molecule has 160 valence electrons. The lowest BCUT2D eigenvalue weighted by atomic mass is 10.2. The van der Waals surface area contributed by atoms with Gasteiger partial charge in [-0.15, -0.1) is 0 Å². The van der Waals surface area contributed by atoms with Crippen molar-refractivity contribution < 1.29 is 4.79 Å².